The van der Waals surface area contributed by atoms with Crippen LogP contribution in [-0.2, 0) is 0 Å². The van der Waals surface area contributed by atoms with Crippen molar-refractivity contribution < 1.29 is 9.47 Å². The molecule has 1 aromatic carbocycles. The highest BCUT2D eigenvalue weighted by Crippen LogP contribution is 2.38. The summed E-state index contributed by atoms with van der Waals surface area (Å²) in [5.41, 5.74) is 8.01. The van der Waals surface area contributed by atoms with Gasteiger partial charge in [-0.15, -0.1) is 0 Å². The van der Waals surface area contributed by atoms with Gasteiger partial charge in [-0.2, -0.15) is 0 Å². The SMILES string of the molecule is COc1cc(OC)c2c(c1)C(CN)C=C2. The largest absolute Gasteiger partial charge is 0.497 e. The molecule has 1 aliphatic carbocycles. The molecule has 2 rings (SSSR count). The van der Waals surface area contributed by atoms with Gasteiger partial charge in [-0.1, -0.05) is 12.2 Å². The molecule has 15 heavy (non-hydrogen) atoms. The van der Waals surface area contributed by atoms with Gasteiger partial charge in [0.15, 0.2) is 0 Å². The molecule has 0 saturated heterocycles. The van der Waals surface area contributed by atoms with Crippen LogP contribution in [0.25, 0.3) is 6.08 Å². The van der Waals surface area contributed by atoms with E-state index in [1.807, 2.05) is 12.1 Å². The second kappa shape index (κ2) is 3.95. The summed E-state index contributed by atoms with van der Waals surface area (Å²) in [7, 11) is 3.32. The first-order chi connectivity index (χ1) is 7.30. The molecule has 3 nitrogen and oxygen atoms in total. The van der Waals surface area contributed by atoms with Crippen LogP contribution in [-0.4, -0.2) is 20.8 Å². The van der Waals surface area contributed by atoms with Crippen LogP contribution in [0.5, 0.6) is 11.5 Å². The number of benzene rings is 1. The van der Waals surface area contributed by atoms with Crippen molar-refractivity contribution in [2.45, 2.75) is 5.92 Å². The third kappa shape index (κ3) is 1.59. The molecular formula is C12H15NO2. The highest BCUT2D eigenvalue weighted by atomic mass is 16.5. The lowest BCUT2D eigenvalue weighted by Gasteiger charge is -2.13. The Morgan fingerprint density at radius 3 is 2.67 bits per heavy atom. The summed E-state index contributed by atoms with van der Waals surface area (Å²) in [6.45, 7) is 0.611. The predicted octanol–water partition coefficient (Wildman–Crippen LogP) is 1.77. The minimum atomic E-state index is 0.281. The molecular weight excluding hydrogens is 190 g/mol. The second-order valence-electron chi connectivity index (χ2n) is 3.53. The highest BCUT2D eigenvalue weighted by molar-refractivity contribution is 5.70. The van der Waals surface area contributed by atoms with Crippen LogP contribution in [0.1, 0.15) is 17.0 Å². The molecule has 0 fully saturated rings. The predicted molar refractivity (Wildman–Crippen MR) is 60.4 cm³/mol. The Kier molecular flexibility index (Phi) is 2.64. The van der Waals surface area contributed by atoms with Crippen molar-refractivity contribution in [3.8, 4) is 11.5 Å². The van der Waals surface area contributed by atoms with E-state index in [1.165, 1.54) is 5.56 Å². The summed E-state index contributed by atoms with van der Waals surface area (Å²) in [6.07, 6.45) is 4.16. The van der Waals surface area contributed by atoms with Gasteiger partial charge in [-0.3, -0.25) is 0 Å². The van der Waals surface area contributed by atoms with E-state index in [0.29, 0.717) is 6.54 Å². The number of methoxy groups -OCH3 is 2. The van der Waals surface area contributed by atoms with Gasteiger partial charge in [-0.05, 0) is 11.6 Å². The van der Waals surface area contributed by atoms with Crippen molar-refractivity contribution in [3.63, 3.8) is 0 Å². The molecule has 1 aliphatic rings. The van der Waals surface area contributed by atoms with Crippen LogP contribution in [0.15, 0.2) is 18.2 Å². The summed E-state index contributed by atoms with van der Waals surface area (Å²) in [5.74, 6) is 1.94. The Balaban J connectivity index is 2.52. The van der Waals surface area contributed by atoms with Gasteiger partial charge in [-0.25, -0.2) is 0 Å². The number of hydrogen-bond donors (Lipinski definition) is 1. The normalized spacial score (nSPS) is 17.7. The molecule has 1 aromatic rings. The van der Waals surface area contributed by atoms with Crippen LogP contribution < -0.4 is 15.2 Å². The Labute approximate surface area is 89.5 Å². The maximum Gasteiger partial charge on any atom is 0.130 e. The van der Waals surface area contributed by atoms with Gasteiger partial charge in [0, 0.05) is 24.1 Å². The van der Waals surface area contributed by atoms with Crippen molar-refractivity contribution >= 4 is 6.08 Å². The van der Waals surface area contributed by atoms with E-state index in [1.54, 1.807) is 14.2 Å². The maximum atomic E-state index is 5.70. The number of hydrogen-bond acceptors (Lipinski definition) is 3. The number of rotatable bonds is 3. The monoisotopic (exact) mass is 205 g/mol. The summed E-state index contributed by atoms with van der Waals surface area (Å²) < 4.78 is 10.5. The number of ether oxygens (including phenoxy) is 2. The topological polar surface area (TPSA) is 44.5 Å². The van der Waals surface area contributed by atoms with Crippen molar-refractivity contribution in [2.75, 3.05) is 20.8 Å². The molecule has 80 valence electrons. The van der Waals surface area contributed by atoms with Gasteiger partial charge in [0.25, 0.3) is 0 Å². The summed E-state index contributed by atoms with van der Waals surface area (Å²) in [6, 6.07) is 3.91. The van der Waals surface area contributed by atoms with Crippen molar-refractivity contribution in [1.82, 2.24) is 0 Å². The molecule has 0 saturated carbocycles. The molecule has 2 N–H and O–H groups in total. The minimum Gasteiger partial charge on any atom is -0.497 e. The van der Waals surface area contributed by atoms with Crippen molar-refractivity contribution in [3.05, 3.63) is 29.3 Å². The van der Waals surface area contributed by atoms with Crippen LogP contribution in [0.3, 0.4) is 0 Å². The highest BCUT2D eigenvalue weighted by Gasteiger charge is 2.20. The number of nitrogens with two attached hydrogens (primary N) is 1. The van der Waals surface area contributed by atoms with E-state index >= 15 is 0 Å². The van der Waals surface area contributed by atoms with Crippen LogP contribution in [0.4, 0.5) is 0 Å². The average molecular weight is 205 g/mol. The van der Waals surface area contributed by atoms with E-state index < -0.39 is 0 Å². The molecule has 0 bridgehead atoms. The second-order valence-corrected chi connectivity index (χ2v) is 3.53. The zero-order chi connectivity index (χ0) is 10.8. The Bertz CT molecular complexity index is 399. The first-order valence-corrected chi connectivity index (χ1v) is 4.94. The van der Waals surface area contributed by atoms with Gasteiger partial charge in [0.2, 0.25) is 0 Å². The molecule has 1 atom stereocenters. The van der Waals surface area contributed by atoms with E-state index in [-0.39, 0.29) is 5.92 Å². The van der Waals surface area contributed by atoms with E-state index in [9.17, 15) is 0 Å². The fourth-order valence-corrected chi connectivity index (χ4v) is 1.92. The van der Waals surface area contributed by atoms with Gasteiger partial charge < -0.3 is 15.2 Å². The molecule has 0 radical (unpaired) electrons. The molecule has 0 spiro atoms. The lowest BCUT2D eigenvalue weighted by atomic mass is 10.00. The Morgan fingerprint density at radius 2 is 2.07 bits per heavy atom. The molecule has 1 unspecified atom stereocenters. The molecule has 0 heterocycles. The van der Waals surface area contributed by atoms with Crippen LogP contribution >= 0.6 is 0 Å². The third-order valence-electron chi connectivity index (χ3n) is 2.75. The molecule has 0 aromatic heterocycles. The van der Waals surface area contributed by atoms with Gasteiger partial charge in [0.05, 0.1) is 14.2 Å². The fraction of sp³-hybridized carbons (Fsp3) is 0.333. The van der Waals surface area contributed by atoms with Gasteiger partial charge >= 0.3 is 0 Å². The molecule has 0 aliphatic heterocycles. The zero-order valence-corrected chi connectivity index (χ0v) is 8.99. The first kappa shape index (κ1) is 10.1. The lowest BCUT2D eigenvalue weighted by Crippen LogP contribution is -2.09. The standard InChI is InChI=1S/C12H15NO2/c1-14-9-5-11-8(7-13)3-4-10(11)12(6-9)15-2/h3-6,8H,7,13H2,1-2H3. The molecule has 0 amide bonds. The van der Waals surface area contributed by atoms with E-state index in [0.717, 1.165) is 17.1 Å². The molecule has 3 heteroatoms. The summed E-state index contributed by atoms with van der Waals surface area (Å²) in [4.78, 5) is 0. The lowest BCUT2D eigenvalue weighted by molar-refractivity contribution is 0.393. The van der Waals surface area contributed by atoms with Gasteiger partial charge in [0.1, 0.15) is 11.5 Å². The third-order valence-corrected chi connectivity index (χ3v) is 2.75. The van der Waals surface area contributed by atoms with Crippen molar-refractivity contribution in [2.24, 2.45) is 5.73 Å². The van der Waals surface area contributed by atoms with Crippen LogP contribution in [0, 0.1) is 0 Å². The quantitative estimate of drug-likeness (QED) is 0.818. The summed E-state index contributed by atoms with van der Waals surface area (Å²) >= 11 is 0. The Morgan fingerprint density at radius 1 is 1.27 bits per heavy atom. The summed E-state index contributed by atoms with van der Waals surface area (Å²) in [5, 5.41) is 0. The smallest absolute Gasteiger partial charge is 0.130 e. The zero-order valence-electron chi connectivity index (χ0n) is 8.99. The fourth-order valence-electron chi connectivity index (χ4n) is 1.92. The average Bonchev–Trinajstić information content (AvgIpc) is 2.70. The minimum absolute atomic E-state index is 0.281. The maximum absolute atomic E-state index is 5.70. The Hall–Kier alpha value is -1.48. The van der Waals surface area contributed by atoms with E-state index in [2.05, 4.69) is 12.2 Å². The van der Waals surface area contributed by atoms with Crippen LogP contribution in [0.2, 0.25) is 0 Å². The van der Waals surface area contributed by atoms with Crippen molar-refractivity contribution in [1.29, 1.82) is 0 Å². The number of fused-ring (bicyclic) bond motifs is 1. The van der Waals surface area contributed by atoms with E-state index in [4.69, 9.17) is 15.2 Å². The first-order valence-electron chi connectivity index (χ1n) is 4.94.